The zero-order valence-electron chi connectivity index (χ0n) is 13.2. The summed E-state index contributed by atoms with van der Waals surface area (Å²) in [5, 5.41) is 3.43. The van der Waals surface area contributed by atoms with E-state index in [1.807, 2.05) is 36.5 Å². The van der Waals surface area contributed by atoms with Crippen LogP contribution in [0.25, 0.3) is 16.9 Å². The number of nitrogens with one attached hydrogen (secondary N) is 1. The van der Waals surface area contributed by atoms with E-state index in [2.05, 4.69) is 20.9 Å². The molecule has 1 N–H and O–H groups in total. The molecule has 1 aromatic carbocycles. The van der Waals surface area contributed by atoms with Crippen molar-refractivity contribution in [3.05, 3.63) is 48.4 Å². The normalized spacial score (nSPS) is 17.7. The summed E-state index contributed by atoms with van der Waals surface area (Å²) in [7, 11) is 1.69. The fourth-order valence-electron chi connectivity index (χ4n) is 3.26. The highest BCUT2D eigenvalue weighted by molar-refractivity contribution is 5.74. The van der Waals surface area contributed by atoms with Gasteiger partial charge >= 0.3 is 0 Å². The highest BCUT2D eigenvalue weighted by Crippen LogP contribution is 2.25. The highest BCUT2D eigenvalue weighted by Gasteiger charge is 2.20. The second-order valence-electron chi connectivity index (χ2n) is 5.97. The molecule has 0 aliphatic carbocycles. The number of benzene rings is 1. The van der Waals surface area contributed by atoms with E-state index in [0.29, 0.717) is 5.92 Å². The van der Waals surface area contributed by atoms with Crippen LogP contribution in [-0.2, 0) is 6.42 Å². The number of aromatic nitrogens is 3. The Hall–Kier alpha value is -2.40. The van der Waals surface area contributed by atoms with E-state index in [-0.39, 0.29) is 0 Å². The molecule has 2 aromatic heterocycles. The summed E-state index contributed by atoms with van der Waals surface area (Å²) >= 11 is 0. The minimum absolute atomic E-state index is 0.635. The van der Waals surface area contributed by atoms with Crippen LogP contribution >= 0.6 is 0 Å². The van der Waals surface area contributed by atoms with Crippen molar-refractivity contribution >= 4 is 11.2 Å². The number of ether oxygens (including phenoxy) is 1. The van der Waals surface area contributed by atoms with Crippen LogP contribution in [0.2, 0.25) is 0 Å². The predicted octanol–water partition coefficient (Wildman–Crippen LogP) is 2.58. The molecule has 1 aliphatic heterocycles. The van der Waals surface area contributed by atoms with Crippen molar-refractivity contribution < 1.29 is 4.74 Å². The van der Waals surface area contributed by atoms with Gasteiger partial charge in [-0.1, -0.05) is 6.07 Å². The van der Waals surface area contributed by atoms with E-state index >= 15 is 0 Å². The lowest BCUT2D eigenvalue weighted by Gasteiger charge is -2.12. The van der Waals surface area contributed by atoms with Crippen LogP contribution < -0.4 is 10.1 Å². The summed E-state index contributed by atoms with van der Waals surface area (Å²) < 4.78 is 7.54. The smallest absolute Gasteiger partial charge is 0.164 e. The topological polar surface area (TPSA) is 52.0 Å². The number of rotatable bonds is 4. The molecule has 0 radical (unpaired) electrons. The average molecular weight is 308 g/mol. The minimum Gasteiger partial charge on any atom is -0.497 e. The number of imidazole rings is 1. The van der Waals surface area contributed by atoms with Crippen molar-refractivity contribution in [1.82, 2.24) is 19.9 Å². The number of hydrogen-bond donors (Lipinski definition) is 1. The molecule has 118 valence electrons. The maximum atomic E-state index is 5.37. The molecule has 0 bridgehead atoms. The van der Waals surface area contributed by atoms with Gasteiger partial charge in [-0.2, -0.15) is 0 Å². The number of nitrogens with zero attached hydrogens (tertiary/aromatic N) is 3. The molecule has 0 amide bonds. The van der Waals surface area contributed by atoms with Gasteiger partial charge in [-0.3, -0.25) is 4.57 Å². The van der Waals surface area contributed by atoms with Crippen molar-refractivity contribution in [3.63, 3.8) is 0 Å². The van der Waals surface area contributed by atoms with E-state index in [0.717, 1.165) is 47.9 Å². The third-order valence-electron chi connectivity index (χ3n) is 4.43. The summed E-state index contributed by atoms with van der Waals surface area (Å²) in [5.74, 6) is 2.55. The standard InChI is InChI=1S/C18H20N4O/c1-23-15-5-2-4-14(11-15)22-17(10-13-7-9-19-12-13)21-16-6-3-8-20-18(16)22/h2-6,8,11,13,19H,7,9-10,12H2,1H3. The third-order valence-corrected chi connectivity index (χ3v) is 4.43. The van der Waals surface area contributed by atoms with Crippen LogP contribution in [0.1, 0.15) is 12.2 Å². The molecular weight excluding hydrogens is 288 g/mol. The van der Waals surface area contributed by atoms with Crippen LogP contribution in [0.5, 0.6) is 5.75 Å². The van der Waals surface area contributed by atoms with Gasteiger partial charge in [0.15, 0.2) is 5.65 Å². The van der Waals surface area contributed by atoms with Gasteiger partial charge in [0.05, 0.1) is 12.8 Å². The molecule has 23 heavy (non-hydrogen) atoms. The predicted molar refractivity (Wildman–Crippen MR) is 90.1 cm³/mol. The molecule has 5 heteroatoms. The molecule has 3 heterocycles. The Labute approximate surface area is 135 Å². The fourth-order valence-corrected chi connectivity index (χ4v) is 3.26. The quantitative estimate of drug-likeness (QED) is 0.805. The third kappa shape index (κ3) is 2.68. The summed E-state index contributed by atoms with van der Waals surface area (Å²) in [4.78, 5) is 9.39. The van der Waals surface area contributed by atoms with Gasteiger partial charge in [-0.15, -0.1) is 0 Å². The van der Waals surface area contributed by atoms with Crippen molar-refractivity contribution in [1.29, 1.82) is 0 Å². The van der Waals surface area contributed by atoms with Gasteiger partial charge in [-0.05, 0) is 49.7 Å². The second-order valence-corrected chi connectivity index (χ2v) is 5.97. The van der Waals surface area contributed by atoms with Crippen LogP contribution in [0.3, 0.4) is 0 Å². The lowest BCUT2D eigenvalue weighted by molar-refractivity contribution is 0.414. The van der Waals surface area contributed by atoms with Crippen molar-refractivity contribution in [2.75, 3.05) is 20.2 Å². The number of pyridine rings is 1. The first kappa shape index (κ1) is 14.2. The molecule has 1 atom stereocenters. The second kappa shape index (κ2) is 6.01. The molecule has 1 saturated heterocycles. The molecule has 4 rings (SSSR count). The van der Waals surface area contributed by atoms with Gasteiger partial charge in [0.25, 0.3) is 0 Å². The maximum absolute atomic E-state index is 5.37. The summed E-state index contributed by atoms with van der Waals surface area (Å²) in [6.07, 6.45) is 3.98. The molecule has 5 nitrogen and oxygen atoms in total. The van der Waals surface area contributed by atoms with Gasteiger partial charge < -0.3 is 10.1 Å². The van der Waals surface area contributed by atoms with Crippen LogP contribution in [0.15, 0.2) is 42.6 Å². The monoisotopic (exact) mass is 308 g/mol. The first-order chi connectivity index (χ1) is 11.3. The van der Waals surface area contributed by atoms with Crippen molar-refractivity contribution in [2.24, 2.45) is 5.92 Å². The lowest BCUT2D eigenvalue weighted by atomic mass is 10.0. The number of hydrogen-bond acceptors (Lipinski definition) is 4. The van der Waals surface area contributed by atoms with Gasteiger partial charge in [0.1, 0.15) is 17.1 Å². The number of fused-ring (bicyclic) bond motifs is 1. The summed E-state index contributed by atoms with van der Waals surface area (Å²) in [6, 6.07) is 12.0. The summed E-state index contributed by atoms with van der Waals surface area (Å²) in [6.45, 7) is 2.16. The Kier molecular flexibility index (Phi) is 3.71. The van der Waals surface area contributed by atoms with Crippen molar-refractivity contribution in [2.45, 2.75) is 12.8 Å². The van der Waals surface area contributed by atoms with Gasteiger partial charge in [0, 0.05) is 18.7 Å². The van der Waals surface area contributed by atoms with Gasteiger partial charge in [-0.25, -0.2) is 9.97 Å². The zero-order chi connectivity index (χ0) is 15.6. The molecule has 1 unspecified atom stereocenters. The molecule has 0 spiro atoms. The minimum atomic E-state index is 0.635. The molecule has 0 saturated carbocycles. The van der Waals surface area contributed by atoms with E-state index in [4.69, 9.17) is 9.72 Å². The summed E-state index contributed by atoms with van der Waals surface area (Å²) in [5.41, 5.74) is 2.89. The number of methoxy groups -OCH3 is 1. The SMILES string of the molecule is COc1cccc(-n2c(CC3CCNC3)nc3cccnc32)c1. The van der Waals surface area contributed by atoms with Crippen LogP contribution in [-0.4, -0.2) is 34.7 Å². The Balaban J connectivity index is 1.84. The molecule has 3 aromatic rings. The van der Waals surface area contributed by atoms with E-state index in [1.54, 1.807) is 7.11 Å². The largest absolute Gasteiger partial charge is 0.497 e. The first-order valence-corrected chi connectivity index (χ1v) is 8.02. The zero-order valence-corrected chi connectivity index (χ0v) is 13.2. The Morgan fingerprint density at radius 3 is 3.09 bits per heavy atom. The van der Waals surface area contributed by atoms with Gasteiger partial charge in [0.2, 0.25) is 0 Å². The average Bonchev–Trinajstić information content (AvgIpc) is 3.22. The van der Waals surface area contributed by atoms with Crippen LogP contribution in [0.4, 0.5) is 0 Å². The first-order valence-electron chi connectivity index (χ1n) is 8.02. The Bertz CT molecular complexity index is 821. The Morgan fingerprint density at radius 2 is 2.26 bits per heavy atom. The van der Waals surface area contributed by atoms with E-state index < -0.39 is 0 Å². The fraction of sp³-hybridized carbons (Fsp3) is 0.333. The van der Waals surface area contributed by atoms with Crippen LogP contribution in [0, 0.1) is 5.92 Å². The molecule has 1 aliphatic rings. The highest BCUT2D eigenvalue weighted by atomic mass is 16.5. The molecule has 1 fully saturated rings. The van der Waals surface area contributed by atoms with Crippen molar-refractivity contribution in [3.8, 4) is 11.4 Å². The lowest BCUT2D eigenvalue weighted by Crippen LogP contribution is -2.13. The van der Waals surface area contributed by atoms with E-state index in [9.17, 15) is 0 Å². The van der Waals surface area contributed by atoms with E-state index in [1.165, 1.54) is 6.42 Å². The molecular formula is C18H20N4O. The Morgan fingerprint density at radius 1 is 1.30 bits per heavy atom. The maximum Gasteiger partial charge on any atom is 0.164 e.